The van der Waals surface area contributed by atoms with Crippen LogP contribution in [0.5, 0.6) is 0 Å². The van der Waals surface area contributed by atoms with Gasteiger partial charge in [0, 0.05) is 20.1 Å². The van der Waals surface area contributed by atoms with E-state index < -0.39 is 0 Å². The summed E-state index contributed by atoms with van der Waals surface area (Å²) in [4.78, 5) is 10.8. The molecule has 1 spiro atoms. The molecule has 1 aliphatic heterocycles. The van der Waals surface area contributed by atoms with Crippen LogP contribution in [-0.2, 0) is 0 Å². The Bertz CT molecular complexity index is 443. The maximum absolute atomic E-state index is 6.12. The molecule has 1 aromatic rings. The Morgan fingerprint density at radius 2 is 2.06 bits per heavy atom. The molecule has 2 heterocycles. The molecule has 0 atom stereocenters. The fraction of sp³-hybridized carbons (Fsp3) is 0.692. The number of aromatic nitrogens is 2. The first-order valence-corrected chi connectivity index (χ1v) is 7.05. The molecule has 98 valence electrons. The number of nitrogens with zero attached hydrogens (tertiary/aromatic N) is 3. The number of halogens is 1. The van der Waals surface area contributed by atoms with E-state index in [-0.39, 0.29) is 0 Å². The van der Waals surface area contributed by atoms with Gasteiger partial charge in [-0.25, -0.2) is 9.97 Å². The summed E-state index contributed by atoms with van der Waals surface area (Å²) in [5.41, 5.74) is 1.40. The Morgan fingerprint density at radius 3 is 2.78 bits per heavy atom. The van der Waals surface area contributed by atoms with Crippen molar-refractivity contribution in [3.05, 3.63) is 11.5 Å². The number of hydrogen-bond donors (Lipinski definition) is 1. The van der Waals surface area contributed by atoms with Gasteiger partial charge >= 0.3 is 0 Å². The Labute approximate surface area is 113 Å². The van der Waals surface area contributed by atoms with Crippen LogP contribution in [0.1, 0.15) is 32.1 Å². The zero-order chi connectivity index (χ0) is 12.6. The first-order chi connectivity index (χ1) is 8.74. The van der Waals surface area contributed by atoms with Crippen molar-refractivity contribution in [2.24, 2.45) is 5.41 Å². The van der Waals surface area contributed by atoms with Crippen molar-refractivity contribution in [1.82, 2.24) is 9.97 Å². The predicted molar refractivity (Wildman–Crippen MR) is 74.3 cm³/mol. The summed E-state index contributed by atoms with van der Waals surface area (Å²) in [6.45, 7) is 2.21. The van der Waals surface area contributed by atoms with Crippen LogP contribution in [-0.4, -0.2) is 30.1 Å². The zero-order valence-corrected chi connectivity index (χ0v) is 11.5. The van der Waals surface area contributed by atoms with Crippen LogP contribution in [0.2, 0.25) is 5.15 Å². The fourth-order valence-corrected chi connectivity index (χ4v) is 3.68. The normalized spacial score (nSPS) is 21.8. The molecule has 5 heteroatoms. The van der Waals surface area contributed by atoms with Gasteiger partial charge in [0.25, 0.3) is 0 Å². The molecule has 1 aromatic heterocycles. The second kappa shape index (κ2) is 4.57. The molecule has 4 nitrogen and oxygen atoms in total. The number of rotatable bonds is 2. The summed E-state index contributed by atoms with van der Waals surface area (Å²) in [6.07, 6.45) is 8.36. The van der Waals surface area contributed by atoms with Crippen molar-refractivity contribution in [3.63, 3.8) is 0 Å². The van der Waals surface area contributed by atoms with Gasteiger partial charge in [0.05, 0.1) is 0 Å². The lowest BCUT2D eigenvalue weighted by atomic mass is 9.86. The average Bonchev–Trinajstić information content (AvgIpc) is 3.00. The summed E-state index contributed by atoms with van der Waals surface area (Å²) in [5.74, 6) is 0.960. The summed E-state index contributed by atoms with van der Waals surface area (Å²) >= 11 is 6.12. The minimum Gasteiger partial charge on any atom is -0.383 e. The van der Waals surface area contributed by atoms with Crippen LogP contribution >= 0.6 is 11.6 Å². The minimum absolute atomic E-state index is 0.509. The lowest BCUT2D eigenvalue weighted by Crippen LogP contribution is -2.26. The van der Waals surface area contributed by atoms with Crippen LogP contribution in [0.15, 0.2) is 6.33 Å². The lowest BCUT2D eigenvalue weighted by molar-refractivity contribution is 0.340. The van der Waals surface area contributed by atoms with Gasteiger partial charge in [-0.05, 0) is 24.7 Å². The molecule has 0 unspecified atom stereocenters. The van der Waals surface area contributed by atoms with E-state index in [2.05, 4.69) is 20.2 Å². The molecule has 2 fully saturated rings. The van der Waals surface area contributed by atoms with E-state index in [1.165, 1.54) is 32.1 Å². The quantitative estimate of drug-likeness (QED) is 0.836. The van der Waals surface area contributed by atoms with Crippen LogP contribution in [0.3, 0.4) is 0 Å². The van der Waals surface area contributed by atoms with Gasteiger partial charge < -0.3 is 10.2 Å². The van der Waals surface area contributed by atoms with Crippen LogP contribution < -0.4 is 10.2 Å². The molecular weight excluding hydrogens is 248 g/mol. The van der Waals surface area contributed by atoms with Crippen molar-refractivity contribution in [3.8, 4) is 0 Å². The van der Waals surface area contributed by atoms with Crippen molar-refractivity contribution in [1.29, 1.82) is 0 Å². The highest BCUT2D eigenvalue weighted by Crippen LogP contribution is 2.47. The smallest absolute Gasteiger partial charge is 0.157 e. The second-order valence-electron chi connectivity index (χ2n) is 5.49. The highest BCUT2D eigenvalue weighted by Gasteiger charge is 2.41. The second-order valence-corrected chi connectivity index (χ2v) is 5.85. The van der Waals surface area contributed by atoms with Crippen LogP contribution in [0.4, 0.5) is 11.5 Å². The molecular formula is C13H19ClN4. The number of nitrogens with one attached hydrogen (secondary N) is 1. The molecule has 18 heavy (non-hydrogen) atoms. The third-order valence-corrected chi connectivity index (χ3v) is 4.72. The lowest BCUT2D eigenvalue weighted by Gasteiger charge is -2.25. The monoisotopic (exact) mass is 266 g/mol. The first-order valence-electron chi connectivity index (χ1n) is 6.67. The van der Waals surface area contributed by atoms with Gasteiger partial charge in [-0.1, -0.05) is 24.4 Å². The van der Waals surface area contributed by atoms with Gasteiger partial charge in [-0.2, -0.15) is 0 Å². The van der Waals surface area contributed by atoms with E-state index in [4.69, 9.17) is 11.6 Å². The summed E-state index contributed by atoms with van der Waals surface area (Å²) in [7, 11) is 1.87. The molecule has 0 aromatic carbocycles. The highest BCUT2D eigenvalue weighted by atomic mass is 35.5. The molecule has 2 aliphatic rings. The van der Waals surface area contributed by atoms with Gasteiger partial charge in [0.2, 0.25) is 0 Å². The maximum atomic E-state index is 6.12. The SMILES string of the molecule is CNc1c(Cl)ncnc1N1CCC2(CCCC2)C1. The Morgan fingerprint density at radius 1 is 1.28 bits per heavy atom. The molecule has 0 radical (unpaired) electrons. The van der Waals surface area contributed by atoms with Gasteiger partial charge in [-0.3, -0.25) is 0 Å². The highest BCUT2D eigenvalue weighted by molar-refractivity contribution is 6.32. The maximum Gasteiger partial charge on any atom is 0.157 e. The fourth-order valence-electron chi connectivity index (χ4n) is 3.46. The minimum atomic E-state index is 0.509. The first kappa shape index (κ1) is 12.0. The molecule has 3 rings (SSSR count). The molecule has 1 saturated carbocycles. The Hall–Kier alpha value is -1.03. The molecule has 0 amide bonds. The van der Waals surface area contributed by atoms with E-state index in [1.54, 1.807) is 6.33 Å². The summed E-state index contributed by atoms with van der Waals surface area (Å²) in [5, 5.41) is 3.63. The standard InChI is InChI=1S/C13H19ClN4/c1-15-10-11(14)16-9-17-12(10)18-7-6-13(8-18)4-2-3-5-13/h9,15H,2-8H2,1H3. The Balaban J connectivity index is 1.86. The molecule has 0 bridgehead atoms. The van der Waals surface area contributed by atoms with E-state index >= 15 is 0 Å². The third-order valence-electron chi connectivity index (χ3n) is 4.43. The van der Waals surface area contributed by atoms with Gasteiger partial charge in [0.1, 0.15) is 12.0 Å². The predicted octanol–water partition coefficient (Wildman–Crippen LogP) is 2.94. The molecule has 1 saturated heterocycles. The number of anilines is 2. The third kappa shape index (κ3) is 1.92. The van der Waals surface area contributed by atoms with E-state index in [0.29, 0.717) is 10.6 Å². The summed E-state index contributed by atoms with van der Waals surface area (Å²) < 4.78 is 0. The van der Waals surface area contributed by atoms with Crippen molar-refractivity contribution in [2.45, 2.75) is 32.1 Å². The van der Waals surface area contributed by atoms with Gasteiger partial charge in [-0.15, -0.1) is 0 Å². The molecule has 1 N–H and O–H groups in total. The van der Waals surface area contributed by atoms with E-state index in [1.807, 2.05) is 7.05 Å². The van der Waals surface area contributed by atoms with Crippen LogP contribution in [0, 0.1) is 5.41 Å². The largest absolute Gasteiger partial charge is 0.383 e. The Kier molecular flexibility index (Phi) is 3.06. The average molecular weight is 267 g/mol. The van der Waals surface area contributed by atoms with Crippen molar-refractivity contribution in [2.75, 3.05) is 30.4 Å². The van der Waals surface area contributed by atoms with E-state index in [9.17, 15) is 0 Å². The van der Waals surface area contributed by atoms with E-state index in [0.717, 1.165) is 24.6 Å². The van der Waals surface area contributed by atoms with Crippen molar-refractivity contribution >= 4 is 23.1 Å². The van der Waals surface area contributed by atoms with Crippen LogP contribution in [0.25, 0.3) is 0 Å². The van der Waals surface area contributed by atoms with Gasteiger partial charge in [0.15, 0.2) is 11.0 Å². The zero-order valence-electron chi connectivity index (χ0n) is 10.7. The molecule has 1 aliphatic carbocycles. The van der Waals surface area contributed by atoms with Crippen molar-refractivity contribution < 1.29 is 0 Å². The number of hydrogen-bond acceptors (Lipinski definition) is 4. The topological polar surface area (TPSA) is 41.1 Å². The summed E-state index contributed by atoms with van der Waals surface area (Å²) in [6, 6.07) is 0.